The molecule has 0 unspecified atom stereocenters. The maximum atomic E-state index is 12.1. The Bertz CT molecular complexity index is 375. The van der Waals surface area contributed by atoms with Gasteiger partial charge in [-0.05, 0) is 24.3 Å². The Morgan fingerprint density at radius 1 is 1.38 bits per heavy atom. The summed E-state index contributed by atoms with van der Waals surface area (Å²) in [4.78, 5) is 18.0. The Morgan fingerprint density at radius 3 is 3.06 bits per heavy atom. The summed E-state index contributed by atoms with van der Waals surface area (Å²) in [5.41, 5.74) is 6.02. The van der Waals surface area contributed by atoms with E-state index in [1.54, 1.807) is 18.2 Å². The highest BCUT2D eigenvalue weighted by molar-refractivity contribution is 7.99. The maximum absolute atomic E-state index is 12.1. The van der Waals surface area contributed by atoms with Crippen LogP contribution in [0.15, 0.2) is 18.2 Å². The Kier molecular flexibility index (Phi) is 3.66. The zero-order valence-electron chi connectivity index (χ0n) is 9.06. The Morgan fingerprint density at radius 2 is 2.25 bits per heavy atom. The number of carbonyl (C=O) groups excluding carboxylic acids is 1. The van der Waals surface area contributed by atoms with Crippen LogP contribution in [0.4, 0.5) is 5.82 Å². The lowest BCUT2D eigenvalue weighted by molar-refractivity contribution is 0.0763. The Hall–Kier alpha value is -1.23. The molecule has 0 radical (unpaired) electrons. The molecule has 1 aromatic rings. The lowest BCUT2D eigenvalue weighted by atomic mass is 10.3. The number of rotatable bonds is 1. The van der Waals surface area contributed by atoms with E-state index in [1.807, 2.05) is 16.7 Å². The Labute approximate surface area is 99.2 Å². The third kappa shape index (κ3) is 2.66. The van der Waals surface area contributed by atoms with Crippen LogP contribution in [0.1, 0.15) is 16.9 Å². The highest BCUT2D eigenvalue weighted by Gasteiger charge is 2.18. The molecule has 1 aromatic heterocycles. The lowest BCUT2D eigenvalue weighted by Crippen LogP contribution is -2.33. The molecule has 0 aromatic carbocycles. The van der Waals surface area contributed by atoms with Gasteiger partial charge in [0.05, 0.1) is 0 Å². The van der Waals surface area contributed by atoms with Gasteiger partial charge in [-0.2, -0.15) is 11.8 Å². The number of amides is 1. The van der Waals surface area contributed by atoms with Gasteiger partial charge in [-0.15, -0.1) is 0 Å². The normalized spacial score (nSPS) is 16.9. The molecule has 1 amide bonds. The average Bonchev–Trinajstić information content (AvgIpc) is 2.56. The van der Waals surface area contributed by atoms with E-state index in [-0.39, 0.29) is 5.91 Å². The number of nitrogens with two attached hydrogens (primary N) is 1. The Balaban J connectivity index is 2.11. The molecule has 4 nitrogen and oxygen atoms in total. The second-order valence-corrected chi connectivity index (χ2v) is 4.93. The summed E-state index contributed by atoms with van der Waals surface area (Å²) in [5.74, 6) is 2.53. The van der Waals surface area contributed by atoms with E-state index in [0.717, 1.165) is 31.0 Å². The van der Waals surface area contributed by atoms with Crippen LogP contribution < -0.4 is 5.73 Å². The first-order valence-corrected chi connectivity index (χ1v) is 6.52. The van der Waals surface area contributed by atoms with Gasteiger partial charge in [0.25, 0.3) is 5.91 Å². The van der Waals surface area contributed by atoms with Crippen molar-refractivity contribution in [2.24, 2.45) is 0 Å². The maximum Gasteiger partial charge on any atom is 0.272 e. The molecule has 5 heteroatoms. The molecule has 1 fully saturated rings. The fourth-order valence-electron chi connectivity index (χ4n) is 1.68. The number of hydrogen-bond acceptors (Lipinski definition) is 4. The molecule has 1 saturated heterocycles. The molecular weight excluding hydrogens is 222 g/mol. The first-order valence-electron chi connectivity index (χ1n) is 5.37. The van der Waals surface area contributed by atoms with Crippen molar-refractivity contribution >= 4 is 23.5 Å². The monoisotopic (exact) mass is 237 g/mol. The summed E-state index contributed by atoms with van der Waals surface area (Å²) in [6, 6.07) is 5.17. The first kappa shape index (κ1) is 11.3. The summed E-state index contributed by atoms with van der Waals surface area (Å²) in [6.45, 7) is 1.63. The third-order valence-electron chi connectivity index (χ3n) is 2.50. The number of aromatic nitrogens is 1. The number of carbonyl (C=O) groups is 1. The average molecular weight is 237 g/mol. The van der Waals surface area contributed by atoms with Crippen LogP contribution >= 0.6 is 11.8 Å². The minimum Gasteiger partial charge on any atom is -0.384 e. The smallest absolute Gasteiger partial charge is 0.272 e. The molecule has 2 N–H and O–H groups in total. The zero-order chi connectivity index (χ0) is 11.4. The van der Waals surface area contributed by atoms with Gasteiger partial charge in [0, 0.05) is 18.8 Å². The molecule has 0 bridgehead atoms. The van der Waals surface area contributed by atoms with E-state index in [9.17, 15) is 4.79 Å². The van der Waals surface area contributed by atoms with E-state index in [0.29, 0.717) is 11.5 Å². The predicted octanol–water partition coefficient (Wildman–Crippen LogP) is 1.24. The SMILES string of the molecule is Nc1cccc(C(=O)N2CCCSCC2)n1. The molecule has 1 aliphatic rings. The summed E-state index contributed by atoms with van der Waals surface area (Å²) in [7, 11) is 0. The van der Waals surface area contributed by atoms with Crippen molar-refractivity contribution in [3.05, 3.63) is 23.9 Å². The molecular formula is C11H15N3OS. The van der Waals surface area contributed by atoms with Crippen LogP contribution in [0.25, 0.3) is 0 Å². The van der Waals surface area contributed by atoms with Crippen LogP contribution in [0, 0.1) is 0 Å². The quantitative estimate of drug-likeness (QED) is 0.798. The molecule has 2 heterocycles. The fraction of sp³-hybridized carbons (Fsp3) is 0.455. The number of pyridine rings is 1. The van der Waals surface area contributed by atoms with Crippen LogP contribution in [0.3, 0.4) is 0 Å². The second kappa shape index (κ2) is 5.21. The van der Waals surface area contributed by atoms with E-state index in [1.165, 1.54) is 0 Å². The summed E-state index contributed by atoms with van der Waals surface area (Å²) < 4.78 is 0. The second-order valence-electron chi connectivity index (χ2n) is 3.71. The van der Waals surface area contributed by atoms with Crippen molar-refractivity contribution in [2.75, 3.05) is 30.3 Å². The first-order chi connectivity index (χ1) is 7.77. The van der Waals surface area contributed by atoms with Crippen LogP contribution in [-0.4, -0.2) is 40.4 Å². The van der Waals surface area contributed by atoms with E-state index >= 15 is 0 Å². The van der Waals surface area contributed by atoms with Gasteiger partial charge >= 0.3 is 0 Å². The number of nitrogens with zero attached hydrogens (tertiary/aromatic N) is 2. The molecule has 86 valence electrons. The molecule has 0 aliphatic carbocycles. The zero-order valence-corrected chi connectivity index (χ0v) is 9.87. The van der Waals surface area contributed by atoms with Crippen LogP contribution in [0.2, 0.25) is 0 Å². The molecule has 2 rings (SSSR count). The van der Waals surface area contributed by atoms with Gasteiger partial charge in [-0.1, -0.05) is 6.07 Å². The standard InChI is InChI=1S/C11H15N3OS/c12-10-4-1-3-9(13-10)11(15)14-5-2-7-16-8-6-14/h1,3-4H,2,5-8H2,(H2,12,13). The molecule has 0 atom stereocenters. The summed E-state index contributed by atoms with van der Waals surface area (Å²) >= 11 is 1.90. The van der Waals surface area contributed by atoms with Crippen molar-refractivity contribution in [1.82, 2.24) is 9.88 Å². The van der Waals surface area contributed by atoms with E-state index in [2.05, 4.69) is 4.98 Å². The number of anilines is 1. The highest BCUT2D eigenvalue weighted by atomic mass is 32.2. The van der Waals surface area contributed by atoms with Crippen LogP contribution in [0.5, 0.6) is 0 Å². The van der Waals surface area contributed by atoms with Crippen molar-refractivity contribution in [2.45, 2.75) is 6.42 Å². The van der Waals surface area contributed by atoms with Gasteiger partial charge in [-0.3, -0.25) is 4.79 Å². The number of hydrogen-bond donors (Lipinski definition) is 1. The van der Waals surface area contributed by atoms with Crippen molar-refractivity contribution < 1.29 is 4.79 Å². The van der Waals surface area contributed by atoms with E-state index < -0.39 is 0 Å². The topological polar surface area (TPSA) is 59.2 Å². The van der Waals surface area contributed by atoms with Gasteiger partial charge in [-0.25, -0.2) is 4.98 Å². The summed E-state index contributed by atoms with van der Waals surface area (Å²) in [5, 5.41) is 0. The lowest BCUT2D eigenvalue weighted by Gasteiger charge is -2.19. The minimum atomic E-state index is -0.00481. The van der Waals surface area contributed by atoms with Gasteiger partial charge in [0.1, 0.15) is 11.5 Å². The fourth-order valence-corrected chi connectivity index (χ4v) is 2.57. The van der Waals surface area contributed by atoms with Crippen molar-refractivity contribution in [3.8, 4) is 0 Å². The van der Waals surface area contributed by atoms with Gasteiger partial charge < -0.3 is 10.6 Å². The number of nitrogen functional groups attached to an aromatic ring is 1. The molecule has 16 heavy (non-hydrogen) atoms. The third-order valence-corrected chi connectivity index (χ3v) is 3.55. The van der Waals surface area contributed by atoms with Crippen LogP contribution in [-0.2, 0) is 0 Å². The number of thioether (sulfide) groups is 1. The largest absolute Gasteiger partial charge is 0.384 e. The summed E-state index contributed by atoms with van der Waals surface area (Å²) in [6.07, 6.45) is 1.05. The van der Waals surface area contributed by atoms with E-state index in [4.69, 9.17) is 5.73 Å². The van der Waals surface area contributed by atoms with Gasteiger partial charge in [0.15, 0.2) is 0 Å². The predicted molar refractivity (Wildman–Crippen MR) is 66.5 cm³/mol. The minimum absolute atomic E-state index is 0.00481. The molecule has 0 spiro atoms. The molecule has 1 aliphatic heterocycles. The van der Waals surface area contributed by atoms with Crippen molar-refractivity contribution in [3.63, 3.8) is 0 Å². The van der Waals surface area contributed by atoms with Crippen molar-refractivity contribution in [1.29, 1.82) is 0 Å². The highest BCUT2D eigenvalue weighted by Crippen LogP contribution is 2.12. The molecule has 0 saturated carbocycles. The van der Waals surface area contributed by atoms with Gasteiger partial charge in [0.2, 0.25) is 0 Å².